The van der Waals surface area contributed by atoms with Crippen LogP contribution >= 0.6 is 11.6 Å². The number of rotatable bonds is 4. The van der Waals surface area contributed by atoms with Crippen molar-refractivity contribution in [3.05, 3.63) is 71.1 Å². The number of fused-ring (bicyclic) bond motifs is 1. The number of anilines is 1. The number of pyridine rings is 1. The van der Waals surface area contributed by atoms with Crippen molar-refractivity contribution in [2.45, 2.75) is 6.10 Å². The van der Waals surface area contributed by atoms with Gasteiger partial charge in [0.15, 0.2) is 0 Å². The predicted octanol–water partition coefficient (Wildman–Crippen LogP) is 4.17. The molecule has 3 nitrogen and oxygen atoms in total. The van der Waals surface area contributed by atoms with Gasteiger partial charge >= 0.3 is 0 Å². The van der Waals surface area contributed by atoms with Crippen LogP contribution in [0.15, 0.2) is 54.7 Å². The van der Waals surface area contributed by atoms with E-state index in [4.69, 9.17) is 11.6 Å². The van der Waals surface area contributed by atoms with Crippen LogP contribution < -0.4 is 5.32 Å². The molecule has 1 unspecified atom stereocenters. The number of hydrogen-bond donors (Lipinski definition) is 2. The van der Waals surface area contributed by atoms with Gasteiger partial charge in [0, 0.05) is 40.5 Å². The summed E-state index contributed by atoms with van der Waals surface area (Å²) in [5.74, 6) is -0.326. The number of aliphatic hydroxyl groups is 1. The SMILES string of the molecule is OC(CNc1ccnc2cc(F)ccc12)c1ccccc1Cl. The monoisotopic (exact) mass is 316 g/mol. The van der Waals surface area contributed by atoms with Crippen LogP contribution in [0.1, 0.15) is 11.7 Å². The normalized spacial score (nSPS) is 12.3. The average Bonchev–Trinajstić information content (AvgIpc) is 2.52. The second-order valence-corrected chi connectivity index (χ2v) is 5.35. The number of nitrogens with one attached hydrogen (secondary N) is 1. The first kappa shape index (κ1) is 14.8. The van der Waals surface area contributed by atoms with Crippen LogP contribution in [-0.4, -0.2) is 16.6 Å². The van der Waals surface area contributed by atoms with Crippen molar-refractivity contribution in [3.63, 3.8) is 0 Å². The molecule has 3 rings (SSSR count). The van der Waals surface area contributed by atoms with Gasteiger partial charge in [0.25, 0.3) is 0 Å². The molecule has 1 aromatic heterocycles. The van der Waals surface area contributed by atoms with E-state index in [0.29, 0.717) is 22.6 Å². The lowest BCUT2D eigenvalue weighted by atomic mass is 10.1. The summed E-state index contributed by atoms with van der Waals surface area (Å²) >= 11 is 6.07. The summed E-state index contributed by atoms with van der Waals surface area (Å²) in [4.78, 5) is 4.14. The van der Waals surface area contributed by atoms with E-state index in [1.54, 1.807) is 30.5 Å². The van der Waals surface area contributed by atoms with Gasteiger partial charge in [-0.15, -0.1) is 0 Å². The third-order valence-electron chi connectivity index (χ3n) is 3.45. The minimum Gasteiger partial charge on any atom is -0.387 e. The number of nitrogens with zero attached hydrogens (tertiary/aromatic N) is 1. The molecule has 0 amide bonds. The van der Waals surface area contributed by atoms with Crippen molar-refractivity contribution < 1.29 is 9.50 Å². The Kier molecular flexibility index (Phi) is 4.22. The van der Waals surface area contributed by atoms with Crippen molar-refractivity contribution in [1.29, 1.82) is 0 Å². The maximum absolute atomic E-state index is 13.2. The highest BCUT2D eigenvalue weighted by Gasteiger charge is 2.11. The van der Waals surface area contributed by atoms with Gasteiger partial charge in [0.2, 0.25) is 0 Å². The fourth-order valence-corrected chi connectivity index (χ4v) is 2.60. The second kappa shape index (κ2) is 6.30. The van der Waals surface area contributed by atoms with E-state index < -0.39 is 6.10 Å². The zero-order valence-electron chi connectivity index (χ0n) is 11.6. The molecule has 0 aliphatic rings. The summed E-state index contributed by atoms with van der Waals surface area (Å²) in [6.45, 7) is 0.292. The van der Waals surface area contributed by atoms with Gasteiger partial charge in [-0.1, -0.05) is 29.8 Å². The minimum absolute atomic E-state index is 0.292. The number of halogens is 2. The molecule has 0 aliphatic carbocycles. The van der Waals surface area contributed by atoms with E-state index in [-0.39, 0.29) is 5.82 Å². The van der Waals surface area contributed by atoms with Crippen LogP contribution in [0, 0.1) is 5.82 Å². The molecule has 0 fully saturated rings. The molecule has 5 heteroatoms. The number of hydrogen-bond acceptors (Lipinski definition) is 3. The van der Waals surface area contributed by atoms with E-state index in [2.05, 4.69) is 10.3 Å². The van der Waals surface area contributed by atoms with Crippen LogP contribution in [0.25, 0.3) is 10.9 Å². The Labute approximate surface area is 132 Å². The third-order valence-corrected chi connectivity index (χ3v) is 3.80. The maximum atomic E-state index is 13.2. The lowest BCUT2D eigenvalue weighted by molar-refractivity contribution is 0.192. The molecular weight excluding hydrogens is 303 g/mol. The van der Waals surface area contributed by atoms with Gasteiger partial charge < -0.3 is 10.4 Å². The van der Waals surface area contributed by atoms with Gasteiger partial charge in [0.1, 0.15) is 5.82 Å². The van der Waals surface area contributed by atoms with E-state index in [1.165, 1.54) is 12.1 Å². The van der Waals surface area contributed by atoms with Crippen LogP contribution in [0.4, 0.5) is 10.1 Å². The van der Waals surface area contributed by atoms with Crippen LogP contribution in [0.3, 0.4) is 0 Å². The Hall–Kier alpha value is -2.17. The number of aliphatic hydroxyl groups excluding tert-OH is 1. The fourth-order valence-electron chi connectivity index (χ4n) is 2.34. The Morgan fingerprint density at radius 1 is 1.18 bits per heavy atom. The average molecular weight is 317 g/mol. The Morgan fingerprint density at radius 2 is 2.00 bits per heavy atom. The van der Waals surface area contributed by atoms with Gasteiger partial charge in [-0.3, -0.25) is 4.98 Å². The zero-order valence-corrected chi connectivity index (χ0v) is 12.4. The molecule has 0 bridgehead atoms. The maximum Gasteiger partial charge on any atom is 0.125 e. The highest BCUT2D eigenvalue weighted by atomic mass is 35.5. The summed E-state index contributed by atoms with van der Waals surface area (Å²) in [7, 11) is 0. The first-order valence-electron chi connectivity index (χ1n) is 6.86. The molecule has 3 aromatic rings. The lowest BCUT2D eigenvalue weighted by Gasteiger charge is -2.15. The fraction of sp³-hybridized carbons (Fsp3) is 0.118. The zero-order chi connectivity index (χ0) is 15.5. The number of aromatic nitrogens is 1. The molecule has 0 saturated carbocycles. The molecule has 1 heterocycles. The van der Waals surface area contributed by atoms with Crippen molar-refractivity contribution >= 4 is 28.2 Å². The first-order chi connectivity index (χ1) is 10.6. The highest BCUT2D eigenvalue weighted by molar-refractivity contribution is 6.31. The van der Waals surface area contributed by atoms with Crippen molar-refractivity contribution in [3.8, 4) is 0 Å². The highest BCUT2D eigenvalue weighted by Crippen LogP contribution is 2.25. The first-order valence-corrected chi connectivity index (χ1v) is 7.23. The summed E-state index contributed by atoms with van der Waals surface area (Å²) in [6.07, 6.45) is 0.865. The largest absolute Gasteiger partial charge is 0.387 e. The van der Waals surface area contributed by atoms with E-state index in [0.717, 1.165) is 11.1 Å². The molecule has 22 heavy (non-hydrogen) atoms. The van der Waals surface area contributed by atoms with Crippen molar-refractivity contribution in [2.24, 2.45) is 0 Å². The molecule has 0 saturated heterocycles. The minimum atomic E-state index is -0.739. The van der Waals surface area contributed by atoms with E-state index >= 15 is 0 Å². The van der Waals surface area contributed by atoms with Crippen molar-refractivity contribution in [1.82, 2.24) is 4.98 Å². The second-order valence-electron chi connectivity index (χ2n) is 4.94. The van der Waals surface area contributed by atoms with Gasteiger partial charge in [-0.05, 0) is 24.3 Å². The van der Waals surface area contributed by atoms with Crippen LogP contribution in [0.5, 0.6) is 0 Å². The van der Waals surface area contributed by atoms with Gasteiger partial charge in [-0.2, -0.15) is 0 Å². The van der Waals surface area contributed by atoms with E-state index in [1.807, 2.05) is 12.1 Å². The quantitative estimate of drug-likeness (QED) is 0.759. The molecule has 0 spiro atoms. The smallest absolute Gasteiger partial charge is 0.125 e. The molecule has 0 radical (unpaired) electrons. The molecule has 1 atom stereocenters. The topological polar surface area (TPSA) is 45.1 Å². The Balaban J connectivity index is 1.81. The Morgan fingerprint density at radius 3 is 2.82 bits per heavy atom. The molecule has 0 aliphatic heterocycles. The van der Waals surface area contributed by atoms with Crippen LogP contribution in [-0.2, 0) is 0 Å². The molecule has 2 aromatic carbocycles. The number of benzene rings is 2. The van der Waals surface area contributed by atoms with Crippen LogP contribution in [0.2, 0.25) is 5.02 Å². The lowest BCUT2D eigenvalue weighted by Crippen LogP contribution is -2.12. The molecular formula is C17H14ClFN2O. The summed E-state index contributed by atoms with van der Waals surface area (Å²) in [5.41, 5.74) is 2.02. The van der Waals surface area contributed by atoms with Gasteiger partial charge in [0.05, 0.1) is 11.6 Å². The predicted molar refractivity (Wildman–Crippen MR) is 86.6 cm³/mol. The van der Waals surface area contributed by atoms with Crippen molar-refractivity contribution in [2.75, 3.05) is 11.9 Å². The Bertz CT molecular complexity index is 810. The summed E-state index contributed by atoms with van der Waals surface area (Å²) < 4.78 is 13.2. The molecule has 112 valence electrons. The standard InChI is InChI=1S/C17H14ClFN2O/c18-14-4-2-1-3-12(14)17(22)10-21-15-7-8-20-16-9-11(19)5-6-13(15)16/h1-9,17,22H,10H2,(H,20,21). The summed E-state index contributed by atoms with van der Waals surface area (Å²) in [5, 5.41) is 14.7. The van der Waals surface area contributed by atoms with Gasteiger partial charge in [-0.25, -0.2) is 4.39 Å². The summed E-state index contributed by atoms with van der Waals surface area (Å²) in [6, 6.07) is 13.4. The van der Waals surface area contributed by atoms with E-state index in [9.17, 15) is 9.50 Å². The molecule has 2 N–H and O–H groups in total. The third kappa shape index (κ3) is 3.03.